The molecule has 0 saturated carbocycles. The molecule has 0 bridgehead atoms. The molecule has 0 aliphatic heterocycles. The van der Waals surface area contributed by atoms with Crippen LogP contribution in [0.2, 0.25) is 0 Å². The Balaban J connectivity index is 1.49. The van der Waals surface area contributed by atoms with Crippen molar-refractivity contribution in [1.29, 1.82) is 0 Å². The standard InChI is InChI=1S/C17H13N5O2S/c1-24-14-8-4-11(5-9-14)15(23)19-13-6-2-12(3-7-13)16-21-22-10-18-20-17(22)25-16/h2-10H,1H3,(H,19,23). The van der Waals surface area contributed by atoms with E-state index in [4.69, 9.17) is 4.74 Å². The molecule has 8 heteroatoms. The van der Waals surface area contributed by atoms with E-state index in [-0.39, 0.29) is 5.91 Å². The van der Waals surface area contributed by atoms with Gasteiger partial charge in [-0.25, -0.2) is 0 Å². The van der Waals surface area contributed by atoms with Gasteiger partial charge in [0.25, 0.3) is 5.91 Å². The first-order valence-corrected chi connectivity index (χ1v) is 8.27. The van der Waals surface area contributed by atoms with Crippen molar-refractivity contribution in [3.8, 4) is 16.3 Å². The van der Waals surface area contributed by atoms with Crippen molar-refractivity contribution in [2.24, 2.45) is 0 Å². The predicted molar refractivity (Wildman–Crippen MR) is 95.0 cm³/mol. The van der Waals surface area contributed by atoms with Crippen LogP contribution in [0.1, 0.15) is 10.4 Å². The lowest BCUT2D eigenvalue weighted by atomic mass is 10.2. The van der Waals surface area contributed by atoms with Gasteiger partial charge in [-0.05, 0) is 48.5 Å². The summed E-state index contributed by atoms with van der Waals surface area (Å²) in [5.74, 6) is 0.542. The molecule has 0 fully saturated rings. The number of fused-ring (bicyclic) bond motifs is 1. The maximum absolute atomic E-state index is 12.3. The predicted octanol–water partition coefficient (Wildman–Crippen LogP) is 3.11. The van der Waals surface area contributed by atoms with Crippen molar-refractivity contribution in [2.75, 3.05) is 12.4 Å². The maximum atomic E-state index is 12.3. The number of benzene rings is 2. The Morgan fingerprint density at radius 2 is 1.88 bits per heavy atom. The van der Waals surface area contributed by atoms with Gasteiger partial charge in [-0.2, -0.15) is 9.61 Å². The monoisotopic (exact) mass is 351 g/mol. The summed E-state index contributed by atoms with van der Waals surface area (Å²) >= 11 is 1.46. The van der Waals surface area contributed by atoms with Crippen LogP contribution >= 0.6 is 11.3 Å². The first kappa shape index (κ1) is 15.3. The number of nitrogens with one attached hydrogen (secondary N) is 1. The molecule has 0 saturated heterocycles. The van der Waals surface area contributed by atoms with Gasteiger partial charge >= 0.3 is 0 Å². The van der Waals surface area contributed by atoms with Crippen molar-refractivity contribution in [2.45, 2.75) is 0 Å². The highest BCUT2D eigenvalue weighted by Gasteiger charge is 2.09. The van der Waals surface area contributed by atoms with Crippen LogP contribution < -0.4 is 10.1 Å². The van der Waals surface area contributed by atoms with Gasteiger partial charge in [0.2, 0.25) is 4.96 Å². The summed E-state index contributed by atoms with van der Waals surface area (Å²) in [7, 11) is 1.59. The maximum Gasteiger partial charge on any atom is 0.255 e. The summed E-state index contributed by atoms with van der Waals surface area (Å²) in [5, 5.41) is 15.9. The van der Waals surface area contributed by atoms with E-state index in [1.54, 1.807) is 42.2 Å². The van der Waals surface area contributed by atoms with Crippen LogP contribution in [-0.4, -0.2) is 32.8 Å². The topological polar surface area (TPSA) is 81.4 Å². The molecular weight excluding hydrogens is 338 g/mol. The van der Waals surface area contributed by atoms with Gasteiger partial charge in [-0.3, -0.25) is 4.79 Å². The average molecular weight is 351 g/mol. The number of anilines is 1. The highest BCUT2D eigenvalue weighted by Crippen LogP contribution is 2.26. The largest absolute Gasteiger partial charge is 0.497 e. The van der Waals surface area contributed by atoms with E-state index in [9.17, 15) is 4.79 Å². The molecule has 1 N–H and O–H groups in total. The molecule has 0 radical (unpaired) electrons. The number of methoxy groups -OCH3 is 1. The fraction of sp³-hybridized carbons (Fsp3) is 0.0588. The van der Waals surface area contributed by atoms with Crippen LogP contribution in [0.5, 0.6) is 5.75 Å². The lowest BCUT2D eigenvalue weighted by Gasteiger charge is -2.06. The molecule has 7 nitrogen and oxygen atoms in total. The lowest BCUT2D eigenvalue weighted by molar-refractivity contribution is 0.102. The number of carbonyl (C=O) groups excluding carboxylic acids is 1. The molecular formula is C17H13N5O2S. The van der Waals surface area contributed by atoms with Crippen molar-refractivity contribution in [3.63, 3.8) is 0 Å². The average Bonchev–Trinajstić information content (AvgIpc) is 3.24. The summed E-state index contributed by atoms with van der Waals surface area (Å²) in [6.45, 7) is 0. The van der Waals surface area contributed by atoms with E-state index >= 15 is 0 Å². The zero-order valence-corrected chi connectivity index (χ0v) is 14.0. The van der Waals surface area contributed by atoms with Gasteiger partial charge in [0.1, 0.15) is 17.1 Å². The highest BCUT2D eigenvalue weighted by molar-refractivity contribution is 7.19. The molecule has 2 aromatic heterocycles. The number of aromatic nitrogens is 4. The zero-order valence-electron chi connectivity index (χ0n) is 13.2. The van der Waals surface area contributed by atoms with Gasteiger partial charge in [0.15, 0.2) is 0 Å². The minimum absolute atomic E-state index is 0.172. The Morgan fingerprint density at radius 1 is 1.12 bits per heavy atom. The quantitative estimate of drug-likeness (QED) is 0.611. The second-order valence-corrected chi connectivity index (χ2v) is 6.18. The Bertz CT molecular complexity index is 993. The molecule has 2 heterocycles. The molecule has 25 heavy (non-hydrogen) atoms. The van der Waals surface area contributed by atoms with Crippen LogP contribution in [0.25, 0.3) is 15.5 Å². The Kier molecular flexibility index (Phi) is 3.87. The molecule has 0 unspecified atom stereocenters. The number of hydrogen-bond donors (Lipinski definition) is 1. The van der Waals surface area contributed by atoms with E-state index in [1.165, 1.54) is 11.3 Å². The number of amides is 1. The Labute approximate surface area is 146 Å². The number of ether oxygens (including phenoxy) is 1. The van der Waals surface area contributed by atoms with E-state index < -0.39 is 0 Å². The van der Waals surface area contributed by atoms with Gasteiger partial charge in [0.05, 0.1) is 7.11 Å². The minimum Gasteiger partial charge on any atom is -0.497 e. The van der Waals surface area contributed by atoms with E-state index in [0.29, 0.717) is 17.0 Å². The molecule has 0 aliphatic rings. The minimum atomic E-state index is -0.172. The normalized spacial score (nSPS) is 10.8. The number of nitrogens with zero attached hydrogens (tertiary/aromatic N) is 4. The number of hydrogen-bond acceptors (Lipinski definition) is 6. The zero-order chi connectivity index (χ0) is 17.2. The highest BCUT2D eigenvalue weighted by atomic mass is 32.1. The number of rotatable bonds is 4. The van der Waals surface area contributed by atoms with Gasteiger partial charge in [0, 0.05) is 16.8 Å². The van der Waals surface area contributed by atoms with Crippen molar-refractivity contribution in [1.82, 2.24) is 19.8 Å². The van der Waals surface area contributed by atoms with Gasteiger partial charge < -0.3 is 10.1 Å². The molecule has 0 spiro atoms. The van der Waals surface area contributed by atoms with Crippen LogP contribution in [0.15, 0.2) is 54.9 Å². The lowest BCUT2D eigenvalue weighted by Crippen LogP contribution is -2.11. The third kappa shape index (κ3) is 3.07. The van der Waals surface area contributed by atoms with E-state index in [2.05, 4.69) is 20.6 Å². The third-order valence-corrected chi connectivity index (χ3v) is 4.59. The molecule has 2 aromatic carbocycles. The second kappa shape index (κ2) is 6.33. The summed E-state index contributed by atoms with van der Waals surface area (Å²) < 4.78 is 6.73. The second-order valence-electron chi connectivity index (χ2n) is 5.23. The van der Waals surface area contributed by atoms with Crippen LogP contribution in [0, 0.1) is 0 Å². The number of carbonyl (C=O) groups is 1. The van der Waals surface area contributed by atoms with Crippen LogP contribution in [0.4, 0.5) is 5.69 Å². The summed E-state index contributed by atoms with van der Waals surface area (Å²) in [6, 6.07) is 14.5. The fourth-order valence-corrected chi connectivity index (χ4v) is 3.14. The first-order chi connectivity index (χ1) is 12.2. The SMILES string of the molecule is COc1ccc(C(=O)Nc2ccc(-c3nn4cnnc4s3)cc2)cc1. The Hall–Kier alpha value is -3.26. The van der Waals surface area contributed by atoms with Crippen molar-refractivity contribution in [3.05, 3.63) is 60.4 Å². The molecule has 124 valence electrons. The van der Waals surface area contributed by atoms with Crippen LogP contribution in [0.3, 0.4) is 0 Å². The third-order valence-electron chi connectivity index (χ3n) is 3.63. The molecule has 0 atom stereocenters. The molecule has 4 rings (SSSR count). The van der Waals surface area contributed by atoms with Crippen molar-refractivity contribution >= 4 is 27.9 Å². The molecule has 4 aromatic rings. The Morgan fingerprint density at radius 3 is 2.56 bits per heavy atom. The molecule has 1 amide bonds. The van der Waals surface area contributed by atoms with E-state index in [0.717, 1.165) is 15.5 Å². The summed E-state index contributed by atoms with van der Waals surface area (Å²) in [5.41, 5.74) is 2.24. The molecule has 0 aliphatic carbocycles. The van der Waals surface area contributed by atoms with E-state index in [1.807, 2.05) is 24.3 Å². The van der Waals surface area contributed by atoms with Gasteiger partial charge in [-0.1, -0.05) is 11.3 Å². The van der Waals surface area contributed by atoms with Crippen LogP contribution in [-0.2, 0) is 0 Å². The first-order valence-electron chi connectivity index (χ1n) is 7.45. The summed E-state index contributed by atoms with van der Waals surface area (Å²) in [4.78, 5) is 13.0. The van der Waals surface area contributed by atoms with Crippen molar-refractivity contribution < 1.29 is 9.53 Å². The van der Waals surface area contributed by atoms with Gasteiger partial charge in [-0.15, -0.1) is 10.2 Å². The fourth-order valence-electron chi connectivity index (χ4n) is 2.32. The summed E-state index contributed by atoms with van der Waals surface area (Å²) in [6.07, 6.45) is 1.57. The smallest absolute Gasteiger partial charge is 0.255 e.